The van der Waals surface area contributed by atoms with Crippen molar-refractivity contribution in [2.75, 3.05) is 33.4 Å². The van der Waals surface area contributed by atoms with Crippen LogP contribution in [0.15, 0.2) is 0 Å². The van der Waals surface area contributed by atoms with Gasteiger partial charge in [-0.15, -0.1) is 0 Å². The van der Waals surface area contributed by atoms with Crippen molar-refractivity contribution in [1.82, 2.24) is 9.80 Å². The predicted molar refractivity (Wildman–Crippen MR) is 42.4 cm³/mol. The molecule has 11 heavy (non-hydrogen) atoms. The van der Waals surface area contributed by atoms with E-state index in [1.54, 1.807) is 0 Å². The molecule has 64 valence electrons. The Kier molecular flexibility index (Phi) is 1.85. The van der Waals surface area contributed by atoms with Crippen LogP contribution in [0.1, 0.15) is 6.42 Å². The van der Waals surface area contributed by atoms with E-state index in [-0.39, 0.29) is 6.67 Å². The topological polar surface area (TPSA) is 6.48 Å². The van der Waals surface area contributed by atoms with E-state index < -0.39 is 0 Å². The summed E-state index contributed by atoms with van der Waals surface area (Å²) in [5.74, 6) is 0. The molecule has 0 aromatic rings. The van der Waals surface area contributed by atoms with E-state index in [0.717, 1.165) is 13.1 Å². The molecular formula is C8H15FN2. The molecule has 2 bridgehead atoms. The maximum atomic E-state index is 12.0. The zero-order valence-electron chi connectivity index (χ0n) is 6.96. The normalized spacial score (nSPS) is 38.7. The fourth-order valence-corrected chi connectivity index (χ4v) is 2.33. The molecule has 2 atom stereocenters. The second-order valence-corrected chi connectivity index (χ2v) is 3.67. The Morgan fingerprint density at radius 1 is 1.36 bits per heavy atom. The van der Waals surface area contributed by atoms with E-state index in [0.29, 0.717) is 18.6 Å². The average Bonchev–Trinajstić information content (AvgIpc) is 2.47. The van der Waals surface area contributed by atoms with Crippen LogP contribution in [0.25, 0.3) is 0 Å². The summed E-state index contributed by atoms with van der Waals surface area (Å²) in [6, 6.07) is 1.37. The first kappa shape index (κ1) is 7.50. The van der Waals surface area contributed by atoms with Crippen LogP contribution in [0, 0.1) is 0 Å². The van der Waals surface area contributed by atoms with Crippen LogP contribution in [-0.2, 0) is 0 Å². The SMILES string of the molecule is CN1C[C@@H]2C[C@H]1CN2CCF. The Morgan fingerprint density at radius 3 is 2.64 bits per heavy atom. The van der Waals surface area contributed by atoms with Crippen LogP contribution in [0.4, 0.5) is 4.39 Å². The van der Waals surface area contributed by atoms with Gasteiger partial charge in [0.1, 0.15) is 6.67 Å². The number of piperazine rings is 1. The number of likely N-dealkylation sites (N-methyl/N-ethyl adjacent to an activating group) is 1. The first-order chi connectivity index (χ1) is 5.31. The van der Waals surface area contributed by atoms with E-state index >= 15 is 0 Å². The summed E-state index contributed by atoms with van der Waals surface area (Å²) in [4.78, 5) is 4.67. The second kappa shape index (κ2) is 2.72. The van der Waals surface area contributed by atoms with E-state index in [1.165, 1.54) is 6.42 Å². The van der Waals surface area contributed by atoms with E-state index in [4.69, 9.17) is 0 Å². The Hall–Kier alpha value is -0.150. The van der Waals surface area contributed by atoms with Crippen LogP contribution >= 0.6 is 0 Å². The summed E-state index contributed by atoms with van der Waals surface area (Å²) in [6.45, 7) is 2.69. The average molecular weight is 158 g/mol. The van der Waals surface area contributed by atoms with Gasteiger partial charge in [-0.25, -0.2) is 4.39 Å². The van der Waals surface area contributed by atoms with Gasteiger partial charge in [0, 0.05) is 31.7 Å². The lowest BCUT2D eigenvalue weighted by Crippen LogP contribution is -2.45. The molecule has 2 saturated heterocycles. The molecule has 2 rings (SSSR count). The van der Waals surface area contributed by atoms with Crippen molar-refractivity contribution < 1.29 is 4.39 Å². The first-order valence-electron chi connectivity index (χ1n) is 4.31. The highest BCUT2D eigenvalue weighted by Gasteiger charge is 2.40. The molecule has 2 heterocycles. The van der Waals surface area contributed by atoms with Gasteiger partial charge in [-0.3, -0.25) is 4.90 Å². The zero-order chi connectivity index (χ0) is 7.84. The van der Waals surface area contributed by atoms with Crippen molar-refractivity contribution >= 4 is 0 Å². The van der Waals surface area contributed by atoms with E-state index in [2.05, 4.69) is 16.8 Å². The summed E-state index contributed by atoms with van der Waals surface area (Å²) in [5.41, 5.74) is 0. The minimum Gasteiger partial charge on any atom is -0.301 e. The lowest BCUT2D eigenvalue weighted by molar-refractivity contribution is 0.141. The van der Waals surface area contributed by atoms with Crippen LogP contribution in [0.5, 0.6) is 0 Å². The molecule has 2 fully saturated rings. The quantitative estimate of drug-likeness (QED) is 0.572. The minimum atomic E-state index is -0.188. The van der Waals surface area contributed by atoms with E-state index in [1.807, 2.05) is 0 Å². The molecule has 0 spiro atoms. The highest BCUT2D eigenvalue weighted by Crippen LogP contribution is 2.28. The standard InChI is InChI=1S/C8H15FN2/c1-10-5-8-4-7(10)6-11(8)3-2-9/h7-8H,2-6H2,1H3/t7-,8-/m0/s1. The number of rotatable bonds is 2. The highest BCUT2D eigenvalue weighted by molar-refractivity contribution is 4.97. The maximum Gasteiger partial charge on any atom is 0.102 e. The number of halogens is 1. The van der Waals surface area contributed by atoms with Gasteiger partial charge in [0.25, 0.3) is 0 Å². The molecule has 0 unspecified atom stereocenters. The molecule has 0 aromatic heterocycles. The van der Waals surface area contributed by atoms with Crippen LogP contribution in [0.3, 0.4) is 0 Å². The zero-order valence-corrected chi connectivity index (χ0v) is 6.96. The molecule has 2 aliphatic heterocycles. The molecule has 0 aromatic carbocycles. The summed E-state index contributed by atoms with van der Waals surface area (Å²) >= 11 is 0. The molecule has 0 aliphatic carbocycles. The van der Waals surface area contributed by atoms with Crippen molar-refractivity contribution in [2.24, 2.45) is 0 Å². The molecule has 2 aliphatic rings. The molecule has 0 amide bonds. The van der Waals surface area contributed by atoms with Crippen molar-refractivity contribution in [3.05, 3.63) is 0 Å². The predicted octanol–water partition coefficient (Wildman–Crippen LogP) is 0.344. The van der Waals surface area contributed by atoms with Gasteiger partial charge in [-0.1, -0.05) is 0 Å². The van der Waals surface area contributed by atoms with Crippen LogP contribution in [0.2, 0.25) is 0 Å². The van der Waals surface area contributed by atoms with Gasteiger partial charge >= 0.3 is 0 Å². The molecule has 0 N–H and O–H groups in total. The van der Waals surface area contributed by atoms with Gasteiger partial charge in [-0.05, 0) is 13.5 Å². The lowest BCUT2D eigenvalue weighted by atomic mass is 10.2. The molecule has 0 radical (unpaired) electrons. The number of likely N-dealkylation sites (tertiary alicyclic amines) is 2. The second-order valence-electron chi connectivity index (χ2n) is 3.67. The largest absolute Gasteiger partial charge is 0.301 e. The third kappa shape index (κ3) is 1.16. The number of hydrogen-bond donors (Lipinski definition) is 0. The third-order valence-electron chi connectivity index (χ3n) is 3.00. The van der Waals surface area contributed by atoms with Crippen molar-refractivity contribution in [2.45, 2.75) is 18.5 Å². The van der Waals surface area contributed by atoms with Crippen molar-refractivity contribution in [3.63, 3.8) is 0 Å². The summed E-state index contributed by atoms with van der Waals surface area (Å²) in [7, 11) is 2.16. The van der Waals surface area contributed by atoms with Gasteiger partial charge in [0.05, 0.1) is 0 Å². The molecule has 0 saturated carbocycles. The Morgan fingerprint density at radius 2 is 2.18 bits per heavy atom. The fraction of sp³-hybridized carbons (Fsp3) is 1.00. The number of fused-ring (bicyclic) bond motifs is 2. The molecular weight excluding hydrogens is 143 g/mol. The van der Waals surface area contributed by atoms with Gasteiger partial charge in [0.15, 0.2) is 0 Å². The number of nitrogens with zero attached hydrogens (tertiary/aromatic N) is 2. The number of hydrogen-bond acceptors (Lipinski definition) is 2. The summed E-state index contributed by atoms with van der Waals surface area (Å²) < 4.78 is 12.0. The fourth-order valence-electron chi connectivity index (χ4n) is 2.33. The lowest BCUT2D eigenvalue weighted by Gasteiger charge is -2.30. The Labute approximate surface area is 67.0 Å². The maximum absolute atomic E-state index is 12.0. The van der Waals surface area contributed by atoms with Crippen molar-refractivity contribution in [1.29, 1.82) is 0 Å². The summed E-state index contributed by atoms with van der Waals surface area (Å²) in [5, 5.41) is 0. The minimum absolute atomic E-state index is 0.188. The highest BCUT2D eigenvalue weighted by atomic mass is 19.1. The van der Waals surface area contributed by atoms with E-state index in [9.17, 15) is 4.39 Å². The van der Waals surface area contributed by atoms with Crippen molar-refractivity contribution in [3.8, 4) is 0 Å². The number of alkyl halides is 1. The third-order valence-corrected chi connectivity index (χ3v) is 3.00. The van der Waals surface area contributed by atoms with Gasteiger partial charge in [-0.2, -0.15) is 0 Å². The van der Waals surface area contributed by atoms with Gasteiger partial charge < -0.3 is 4.90 Å². The first-order valence-corrected chi connectivity index (χ1v) is 4.31. The van der Waals surface area contributed by atoms with Gasteiger partial charge in [0.2, 0.25) is 0 Å². The van der Waals surface area contributed by atoms with Crippen LogP contribution in [-0.4, -0.2) is 55.2 Å². The monoisotopic (exact) mass is 158 g/mol. The van der Waals surface area contributed by atoms with Crippen LogP contribution < -0.4 is 0 Å². The molecule has 2 nitrogen and oxygen atoms in total. The molecule has 3 heteroatoms. The smallest absolute Gasteiger partial charge is 0.102 e. The Balaban J connectivity index is 1.92. The Bertz CT molecular complexity index is 149. The summed E-state index contributed by atoms with van der Waals surface area (Å²) in [6.07, 6.45) is 1.26.